The van der Waals surface area contributed by atoms with Crippen LogP contribution in [0.2, 0.25) is 0 Å². The molecule has 0 unspecified atom stereocenters. The average molecular weight is 497 g/mol. The predicted molar refractivity (Wildman–Crippen MR) is 146 cm³/mol. The molecule has 0 spiro atoms. The van der Waals surface area contributed by atoms with Gasteiger partial charge in [0.2, 0.25) is 0 Å². The van der Waals surface area contributed by atoms with Crippen molar-refractivity contribution in [1.29, 1.82) is 0 Å². The van der Waals surface area contributed by atoms with E-state index >= 15 is 0 Å². The topological polar surface area (TPSA) is 18.5 Å². The Bertz CT molecular complexity index is 1100. The zero-order valence-electron chi connectivity index (χ0n) is 19.8. The summed E-state index contributed by atoms with van der Waals surface area (Å²) in [6.45, 7) is 4.09. The number of benzene rings is 4. The van der Waals surface area contributed by atoms with Crippen LogP contribution in [0, 0.1) is 0 Å². The van der Waals surface area contributed by atoms with Crippen molar-refractivity contribution in [3.05, 3.63) is 144 Å². The highest BCUT2D eigenvalue weighted by molar-refractivity contribution is 8.77. The third kappa shape index (κ3) is 3.66. The Kier molecular flexibility index (Phi) is 5.81. The largest absolute Gasteiger partial charge is 0.342 e. The van der Waals surface area contributed by atoms with Crippen LogP contribution in [-0.4, -0.2) is 18.0 Å². The third-order valence-electron chi connectivity index (χ3n) is 7.01. The van der Waals surface area contributed by atoms with E-state index in [1.54, 1.807) is 0 Å². The summed E-state index contributed by atoms with van der Waals surface area (Å²) in [5.74, 6) is -0.718. The van der Waals surface area contributed by atoms with Gasteiger partial charge < -0.3 is 9.47 Å². The van der Waals surface area contributed by atoms with Gasteiger partial charge in [-0.15, -0.1) is 0 Å². The average Bonchev–Trinajstić information content (AvgIpc) is 3.26. The molecule has 2 aliphatic rings. The molecule has 0 N–H and O–H groups in total. The lowest BCUT2D eigenvalue weighted by molar-refractivity contribution is -0.149. The summed E-state index contributed by atoms with van der Waals surface area (Å²) < 4.78 is 13.0. The number of rotatable bonds is 4. The molecule has 2 fully saturated rings. The van der Waals surface area contributed by atoms with Gasteiger partial charge in [-0.1, -0.05) is 143 Å². The lowest BCUT2D eigenvalue weighted by Crippen LogP contribution is -2.55. The van der Waals surface area contributed by atoms with Crippen molar-refractivity contribution in [3.8, 4) is 0 Å². The summed E-state index contributed by atoms with van der Waals surface area (Å²) in [6.07, 6.45) is -0.428. The van der Waals surface area contributed by atoms with E-state index in [4.69, 9.17) is 9.47 Å². The van der Waals surface area contributed by atoms with Gasteiger partial charge >= 0.3 is 0 Å². The molecule has 0 bridgehead atoms. The van der Waals surface area contributed by atoms with Crippen molar-refractivity contribution in [2.45, 2.75) is 41.3 Å². The van der Waals surface area contributed by atoms with Gasteiger partial charge in [0, 0.05) is 0 Å². The van der Waals surface area contributed by atoms with Crippen molar-refractivity contribution < 1.29 is 9.47 Å². The summed E-state index contributed by atoms with van der Waals surface area (Å²) in [7, 11) is 3.80. The lowest BCUT2D eigenvalue weighted by Gasteiger charge is -2.52. The van der Waals surface area contributed by atoms with E-state index in [1.807, 2.05) is 35.4 Å². The Morgan fingerprint density at radius 1 is 0.457 bits per heavy atom. The molecule has 176 valence electrons. The van der Waals surface area contributed by atoms with Crippen molar-refractivity contribution in [2.24, 2.45) is 0 Å². The van der Waals surface area contributed by atoms with Crippen LogP contribution in [0.3, 0.4) is 0 Å². The standard InChI is InChI=1S/C31H28O2S2/c1-29(2)32-27-28(33-29)31(25-19-11-5-12-20-25,26-21-13-6-14-22-26)35-34-30(27,23-15-7-3-8-16-23)24-17-9-4-10-18-24/h3-22,27-28H,1-2H3/t27-,28-/m0/s1. The van der Waals surface area contributed by atoms with Crippen molar-refractivity contribution >= 4 is 21.6 Å². The molecule has 2 nitrogen and oxygen atoms in total. The van der Waals surface area contributed by atoms with E-state index in [2.05, 4.69) is 121 Å². The van der Waals surface area contributed by atoms with Crippen LogP contribution in [-0.2, 0) is 19.0 Å². The summed E-state index contributed by atoms with van der Waals surface area (Å²) in [5.41, 5.74) is 4.92. The van der Waals surface area contributed by atoms with Crippen LogP contribution in [0.15, 0.2) is 121 Å². The van der Waals surface area contributed by atoms with Gasteiger partial charge in [-0.25, -0.2) is 0 Å². The molecule has 4 aromatic carbocycles. The van der Waals surface area contributed by atoms with E-state index in [0.29, 0.717) is 0 Å². The van der Waals surface area contributed by atoms with E-state index in [0.717, 1.165) is 0 Å². The Balaban J connectivity index is 1.62. The van der Waals surface area contributed by atoms with Gasteiger partial charge in [0.25, 0.3) is 0 Å². The van der Waals surface area contributed by atoms with Gasteiger partial charge in [-0.3, -0.25) is 0 Å². The number of hydrogen-bond donors (Lipinski definition) is 0. The molecule has 2 aliphatic heterocycles. The Morgan fingerprint density at radius 3 is 0.971 bits per heavy atom. The summed E-state index contributed by atoms with van der Waals surface area (Å²) in [5, 5.41) is 0. The smallest absolute Gasteiger partial charge is 0.163 e. The zero-order chi connectivity index (χ0) is 23.9. The second-order valence-electron chi connectivity index (χ2n) is 9.58. The first-order valence-corrected chi connectivity index (χ1v) is 14.2. The normalized spacial score (nSPS) is 23.9. The van der Waals surface area contributed by atoms with Gasteiger partial charge in [0.1, 0.15) is 21.7 Å². The third-order valence-corrected chi connectivity index (χ3v) is 10.9. The van der Waals surface area contributed by atoms with Crippen LogP contribution >= 0.6 is 21.6 Å². The minimum absolute atomic E-state index is 0.214. The fraction of sp³-hybridized carbons (Fsp3) is 0.226. The second-order valence-corrected chi connectivity index (χ2v) is 12.2. The maximum atomic E-state index is 6.92. The first-order chi connectivity index (χ1) is 17.1. The first kappa shape index (κ1) is 22.9. The molecule has 2 saturated heterocycles. The van der Waals surface area contributed by atoms with Crippen LogP contribution in [0.1, 0.15) is 36.1 Å². The van der Waals surface area contributed by atoms with Crippen LogP contribution in [0.25, 0.3) is 0 Å². The van der Waals surface area contributed by atoms with E-state index in [1.165, 1.54) is 22.3 Å². The molecule has 0 aliphatic carbocycles. The molecule has 2 atom stereocenters. The summed E-state index contributed by atoms with van der Waals surface area (Å²) in [6, 6.07) is 43.1. The molecule has 6 rings (SSSR count). The summed E-state index contributed by atoms with van der Waals surface area (Å²) >= 11 is 0. The molecule has 2 heterocycles. The van der Waals surface area contributed by atoms with Gasteiger partial charge in [0.15, 0.2) is 5.79 Å². The molecular weight excluding hydrogens is 468 g/mol. The Morgan fingerprint density at radius 2 is 0.714 bits per heavy atom. The zero-order valence-corrected chi connectivity index (χ0v) is 21.5. The molecule has 0 saturated carbocycles. The number of fused-ring (bicyclic) bond motifs is 1. The maximum Gasteiger partial charge on any atom is 0.163 e. The Hall–Kier alpha value is -2.50. The minimum atomic E-state index is -0.718. The molecule has 0 amide bonds. The SMILES string of the molecule is CC1(C)O[C@H]2[C@H](O1)C(c1ccccc1)(c1ccccc1)SSC2(c1ccccc1)c1ccccc1. The molecule has 0 radical (unpaired) electrons. The van der Waals surface area contributed by atoms with Gasteiger partial charge in [-0.2, -0.15) is 0 Å². The highest BCUT2D eigenvalue weighted by Crippen LogP contribution is 2.69. The van der Waals surface area contributed by atoms with Crippen LogP contribution < -0.4 is 0 Å². The van der Waals surface area contributed by atoms with Crippen molar-refractivity contribution in [1.82, 2.24) is 0 Å². The highest BCUT2D eigenvalue weighted by Gasteiger charge is 2.66. The molecular formula is C31H28O2S2. The second kappa shape index (κ2) is 8.86. The van der Waals surface area contributed by atoms with Gasteiger partial charge in [-0.05, 0) is 36.1 Å². The molecule has 4 aromatic rings. The van der Waals surface area contributed by atoms with Crippen LogP contribution in [0.5, 0.6) is 0 Å². The van der Waals surface area contributed by atoms with Crippen molar-refractivity contribution in [3.63, 3.8) is 0 Å². The van der Waals surface area contributed by atoms with Crippen LogP contribution in [0.4, 0.5) is 0 Å². The number of hydrogen-bond acceptors (Lipinski definition) is 4. The maximum absolute atomic E-state index is 6.92. The summed E-state index contributed by atoms with van der Waals surface area (Å²) in [4.78, 5) is 0. The highest BCUT2D eigenvalue weighted by atomic mass is 33.1. The molecule has 0 aromatic heterocycles. The van der Waals surface area contributed by atoms with Crippen molar-refractivity contribution in [2.75, 3.05) is 0 Å². The lowest BCUT2D eigenvalue weighted by atomic mass is 9.76. The minimum Gasteiger partial charge on any atom is -0.342 e. The molecule has 4 heteroatoms. The monoisotopic (exact) mass is 496 g/mol. The fourth-order valence-corrected chi connectivity index (χ4v) is 9.74. The van der Waals surface area contributed by atoms with E-state index < -0.39 is 15.3 Å². The Labute approximate surface area is 215 Å². The fourth-order valence-electron chi connectivity index (χ4n) is 5.51. The van der Waals surface area contributed by atoms with E-state index in [9.17, 15) is 0 Å². The molecule has 35 heavy (non-hydrogen) atoms. The first-order valence-electron chi connectivity index (χ1n) is 12.0. The van der Waals surface area contributed by atoms with E-state index in [-0.39, 0.29) is 12.2 Å². The number of ether oxygens (including phenoxy) is 2. The predicted octanol–water partition coefficient (Wildman–Crippen LogP) is 7.79. The van der Waals surface area contributed by atoms with Gasteiger partial charge in [0.05, 0.1) is 0 Å². The quantitative estimate of drug-likeness (QED) is 0.268.